The van der Waals surface area contributed by atoms with Gasteiger partial charge in [0.25, 0.3) is 0 Å². The number of aromatic nitrogens is 1. The third-order valence-electron chi connectivity index (χ3n) is 4.32. The van der Waals surface area contributed by atoms with Crippen molar-refractivity contribution in [2.45, 2.75) is 43.5 Å². The van der Waals surface area contributed by atoms with Crippen molar-refractivity contribution in [3.8, 4) is 0 Å². The van der Waals surface area contributed by atoms with Gasteiger partial charge in [-0.05, 0) is 25.0 Å². The highest BCUT2D eigenvalue weighted by Gasteiger charge is 2.32. The maximum absolute atomic E-state index is 12.5. The monoisotopic (exact) mass is 293 g/mol. The van der Waals surface area contributed by atoms with Gasteiger partial charge in [0.15, 0.2) is 0 Å². The van der Waals surface area contributed by atoms with Gasteiger partial charge in [0.1, 0.15) is 5.37 Å². The van der Waals surface area contributed by atoms with Crippen LogP contribution >= 0.6 is 11.8 Å². The van der Waals surface area contributed by atoms with E-state index in [4.69, 9.17) is 0 Å². The number of urea groups is 1. The fraction of sp³-hybridized carbons (Fsp3) is 0.667. The Morgan fingerprint density at radius 3 is 2.85 bits per heavy atom. The molecule has 3 rings (SSSR count). The van der Waals surface area contributed by atoms with Crippen molar-refractivity contribution in [3.05, 3.63) is 24.0 Å². The summed E-state index contributed by atoms with van der Waals surface area (Å²) in [5, 5.41) is 3.40. The van der Waals surface area contributed by atoms with Crippen molar-refractivity contribution < 1.29 is 4.79 Å². The van der Waals surface area contributed by atoms with Gasteiger partial charge >= 0.3 is 6.03 Å². The zero-order valence-corrected chi connectivity index (χ0v) is 12.9. The van der Waals surface area contributed by atoms with Crippen molar-refractivity contribution in [2.24, 2.45) is 7.05 Å². The zero-order valence-electron chi connectivity index (χ0n) is 12.0. The van der Waals surface area contributed by atoms with Gasteiger partial charge in [-0.1, -0.05) is 19.3 Å². The summed E-state index contributed by atoms with van der Waals surface area (Å²) < 4.78 is 2.11. The molecular formula is C15H23N3OS. The first-order valence-corrected chi connectivity index (χ1v) is 8.60. The van der Waals surface area contributed by atoms with Crippen LogP contribution in [0.4, 0.5) is 4.79 Å². The highest BCUT2D eigenvalue weighted by Crippen LogP contribution is 2.37. The number of amides is 2. The molecule has 1 aromatic rings. The smallest absolute Gasteiger partial charge is 0.318 e. The third-order valence-corrected chi connectivity index (χ3v) is 5.55. The molecule has 20 heavy (non-hydrogen) atoms. The van der Waals surface area contributed by atoms with Gasteiger partial charge in [-0.25, -0.2) is 4.79 Å². The van der Waals surface area contributed by atoms with Gasteiger partial charge in [-0.2, -0.15) is 0 Å². The molecule has 2 aliphatic rings. The Labute approximate surface area is 124 Å². The van der Waals surface area contributed by atoms with E-state index in [0.717, 1.165) is 25.1 Å². The van der Waals surface area contributed by atoms with E-state index in [1.807, 2.05) is 36.0 Å². The van der Waals surface area contributed by atoms with Crippen LogP contribution < -0.4 is 5.32 Å². The molecular weight excluding hydrogens is 270 g/mol. The Kier molecular flexibility index (Phi) is 4.24. The molecule has 0 spiro atoms. The summed E-state index contributed by atoms with van der Waals surface area (Å²) in [5.41, 5.74) is 1.21. The Morgan fingerprint density at radius 2 is 2.15 bits per heavy atom. The Hall–Kier alpha value is -1.10. The summed E-state index contributed by atoms with van der Waals surface area (Å²) >= 11 is 1.86. The summed E-state index contributed by atoms with van der Waals surface area (Å²) in [4.78, 5) is 14.5. The zero-order chi connectivity index (χ0) is 13.9. The SMILES string of the molecule is Cn1cccc1C1SCCN1C(=O)NC1CCCCC1. The lowest BCUT2D eigenvalue weighted by molar-refractivity contribution is 0.191. The summed E-state index contributed by atoms with van der Waals surface area (Å²) in [5.74, 6) is 1.02. The molecule has 1 aliphatic carbocycles. The normalized spacial score (nSPS) is 24.1. The molecule has 1 unspecified atom stereocenters. The maximum Gasteiger partial charge on any atom is 0.318 e. The van der Waals surface area contributed by atoms with Gasteiger partial charge in [-0.15, -0.1) is 11.8 Å². The second kappa shape index (κ2) is 6.12. The maximum atomic E-state index is 12.5. The summed E-state index contributed by atoms with van der Waals surface area (Å²) in [7, 11) is 2.05. The van der Waals surface area contributed by atoms with Gasteiger partial charge in [0.05, 0.1) is 5.69 Å². The summed E-state index contributed by atoms with van der Waals surface area (Å²) in [6.07, 6.45) is 8.15. The summed E-state index contributed by atoms with van der Waals surface area (Å²) in [6, 6.07) is 4.67. The van der Waals surface area contributed by atoms with Crippen LogP contribution in [0.5, 0.6) is 0 Å². The average Bonchev–Trinajstić information content (AvgIpc) is 3.07. The second-order valence-electron chi connectivity index (χ2n) is 5.74. The lowest BCUT2D eigenvalue weighted by Gasteiger charge is -2.29. The minimum absolute atomic E-state index is 0.119. The number of carbonyl (C=O) groups excluding carboxylic acids is 1. The standard InChI is InChI=1S/C15H23N3OS/c1-17-9-5-8-13(17)14-18(10-11-20-14)15(19)16-12-6-3-2-4-7-12/h5,8-9,12,14H,2-4,6-7,10-11H2,1H3,(H,16,19). The second-order valence-corrected chi connectivity index (χ2v) is 6.93. The van der Waals surface area contributed by atoms with Crippen LogP contribution in [-0.2, 0) is 7.05 Å². The molecule has 1 N–H and O–H groups in total. The number of hydrogen-bond acceptors (Lipinski definition) is 2. The van der Waals surface area contributed by atoms with Crippen LogP contribution in [0.3, 0.4) is 0 Å². The lowest BCUT2D eigenvalue weighted by atomic mass is 9.96. The molecule has 1 saturated carbocycles. The largest absolute Gasteiger partial charge is 0.352 e. The van der Waals surface area contributed by atoms with Crippen LogP contribution in [-0.4, -0.2) is 33.8 Å². The van der Waals surface area contributed by atoms with Gasteiger partial charge in [-0.3, -0.25) is 0 Å². The van der Waals surface area contributed by atoms with E-state index in [-0.39, 0.29) is 11.4 Å². The molecule has 1 atom stereocenters. The summed E-state index contributed by atoms with van der Waals surface area (Å²) in [6.45, 7) is 0.846. The van der Waals surface area contributed by atoms with Gasteiger partial charge < -0.3 is 14.8 Å². The number of hydrogen-bond donors (Lipinski definition) is 1. The quantitative estimate of drug-likeness (QED) is 0.909. The van der Waals surface area contributed by atoms with E-state index >= 15 is 0 Å². The number of nitrogens with zero attached hydrogens (tertiary/aromatic N) is 2. The van der Waals surface area contributed by atoms with E-state index < -0.39 is 0 Å². The number of aryl methyl sites for hydroxylation is 1. The van der Waals surface area contributed by atoms with E-state index in [2.05, 4.69) is 16.0 Å². The van der Waals surface area contributed by atoms with Gasteiger partial charge in [0, 0.05) is 31.6 Å². The topological polar surface area (TPSA) is 37.3 Å². The molecule has 0 bridgehead atoms. The first-order chi connectivity index (χ1) is 9.75. The molecule has 2 amide bonds. The van der Waals surface area contributed by atoms with Crippen molar-refractivity contribution in [2.75, 3.05) is 12.3 Å². The Balaban J connectivity index is 1.65. The van der Waals surface area contributed by atoms with Crippen molar-refractivity contribution in [1.82, 2.24) is 14.8 Å². The number of carbonyl (C=O) groups is 1. The average molecular weight is 293 g/mol. The fourth-order valence-electron chi connectivity index (χ4n) is 3.16. The Morgan fingerprint density at radius 1 is 1.35 bits per heavy atom. The van der Waals surface area contributed by atoms with E-state index in [1.54, 1.807) is 0 Å². The van der Waals surface area contributed by atoms with Crippen LogP contribution in [0.25, 0.3) is 0 Å². The molecule has 1 aliphatic heterocycles. The minimum Gasteiger partial charge on any atom is -0.352 e. The highest BCUT2D eigenvalue weighted by atomic mass is 32.2. The molecule has 110 valence electrons. The molecule has 1 saturated heterocycles. The third kappa shape index (κ3) is 2.82. The molecule has 4 nitrogen and oxygen atoms in total. The minimum atomic E-state index is 0.119. The van der Waals surface area contributed by atoms with Crippen LogP contribution in [0.1, 0.15) is 43.2 Å². The van der Waals surface area contributed by atoms with Crippen molar-refractivity contribution in [3.63, 3.8) is 0 Å². The first kappa shape index (κ1) is 13.9. The highest BCUT2D eigenvalue weighted by molar-refractivity contribution is 7.99. The molecule has 2 fully saturated rings. The number of nitrogens with one attached hydrogen (secondary N) is 1. The predicted molar refractivity (Wildman–Crippen MR) is 82.7 cm³/mol. The van der Waals surface area contributed by atoms with Crippen molar-refractivity contribution >= 4 is 17.8 Å². The van der Waals surface area contributed by atoms with Crippen LogP contribution in [0.15, 0.2) is 18.3 Å². The lowest BCUT2D eigenvalue weighted by Crippen LogP contribution is -2.45. The molecule has 1 aromatic heterocycles. The van der Waals surface area contributed by atoms with E-state index in [9.17, 15) is 4.79 Å². The predicted octanol–water partition coefficient (Wildman–Crippen LogP) is 3.11. The fourth-order valence-corrected chi connectivity index (χ4v) is 4.48. The number of thioether (sulfide) groups is 1. The van der Waals surface area contributed by atoms with Gasteiger partial charge in [0.2, 0.25) is 0 Å². The number of rotatable bonds is 2. The van der Waals surface area contributed by atoms with Crippen molar-refractivity contribution in [1.29, 1.82) is 0 Å². The molecule has 5 heteroatoms. The molecule has 0 aromatic carbocycles. The first-order valence-electron chi connectivity index (χ1n) is 7.55. The van der Waals surface area contributed by atoms with E-state index in [0.29, 0.717) is 6.04 Å². The van der Waals surface area contributed by atoms with Crippen LogP contribution in [0, 0.1) is 0 Å². The molecule has 2 heterocycles. The van der Waals surface area contributed by atoms with Crippen LogP contribution in [0.2, 0.25) is 0 Å². The van der Waals surface area contributed by atoms with E-state index in [1.165, 1.54) is 25.0 Å². The Bertz CT molecular complexity index is 467. The molecule has 0 radical (unpaired) electrons.